The second kappa shape index (κ2) is 7.69. The number of rotatable bonds is 9. The van der Waals surface area contributed by atoms with Crippen molar-refractivity contribution in [3.8, 4) is 0 Å². The molecule has 0 spiro atoms. The molecule has 0 radical (unpaired) electrons. The first-order chi connectivity index (χ1) is 8.32. The first-order valence-electron chi connectivity index (χ1n) is 6.08. The Balaban J connectivity index is 4.44. The maximum Gasteiger partial charge on any atom is 0.303 e. The summed E-state index contributed by atoms with van der Waals surface area (Å²) in [6.45, 7) is 10.9. The number of hydrogen-bond acceptors (Lipinski definition) is 2. The third-order valence-electron chi connectivity index (χ3n) is 2.70. The number of allylic oxidation sites excluding steroid dienone is 2. The Kier molecular flexibility index (Phi) is 7.01. The summed E-state index contributed by atoms with van der Waals surface area (Å²) >= 11 is 0. The Morgan fingerprint density at radius 2 is 1.78 bits per heavy atom. The van der Waals surface area contributed by atoms with Crippen LogP contribution in [0, 0.1) is 5.92 Å². The minimum atomic E-state index is -0.856. The zero-order chi connectivity index (χ0) is 14.2. The van der Waals surface area contributed by atoms with Gasteiger partial charge in [0.1, 0.15) is 0 Å². The van der Waals surface area contributed by atoms with Crippen LogP contribution in [-0.4, -0.2) is 22.5 Å². The van der Waals surface area contributed by atoms with E-state index in [-0.39, 0.29) is 18.2 Å². The van der Waals surface area contributed by atoms with Crippen LogP contribution >= 0.6 is 0 Å². The fourth-order valence-corrected chi connectivity index (χ4v) is 1.63. The molecule has 0 aliphatic carbocycles. The van der Waals surface area contributed by atoms with Crippen molar-refractivity contribution < 1.29 is 14.7 Å². The van der Waals surface area contributed by atoms with Gasteiger partial charge in [-0.25, -0.2) is 0 Å². The van der Waals surface area contributed by atoms with Gasteiger partial charge in [-0.2, -0.15) is 0 Å². The summed E-state index contributed by atoms with van der Waals surface area (Å²) < 4.78 is 0. The molecule has 0 saturated carbocycles. The summed E-state index contributed by atoms with van der Waals surface area (Å²) in [5.41, 5.74) is -0.518. The topological polar surface area (TPSA) is 66.4 Å². The van der Waals surface area contributed by atoms with E-state index in [4.69, 9.17) is 5.11 Å². The molecule has 0 heterocycles. The van der Waals surface area contributed by atoms with Gasteiger partial charge in [0.05, 0.1) is 0 Å². The summed E-state index contributed by atoms with van der Waals surface area (Å²) in [6.07, 6.45) is 5.04. The van der Waals surface area contributed by atoms with Gasteiger partial charge in [0.2, 0.25) is 5.91 Å². The van der Waals surface area contributed by atoms with E-state index in [0.717, 1.165) is 0 Å². The average Bonchev–Trinajstić information content (AvgIpc) is 2.25. The third-order valence-corrected chi connectivity index (χ3v) is 2.70. The van der Waals surface area contributed by atoms with Crippen LogP contribution in [0.2, 0.25) is 0 Å². The number of carbonyl (C=O) groups excluding carboxylic acids is 1. The predicted octanol–water partition coefficient (Wildman–Crippen LogP) is 2.51. The zero-order valence-corrected chi connectivity index (χ0v) is 11.2. The highest BCUT2D eigenvalue weighted by molar-refractivity contribution is 5.79. The van der Waals surface area contributed by atoms with Crippen LogP contribution in [0.3, 0.4) is 0 Å². The van der Waals surface area contributed by atoms with Crippen molar-refractivity contribution in [2.45, 2.75) is 45.1 Å². The Morgan fingerprint density at radius 3 is 2.17 bits per heavy atom. The molecule has 18 heavy (non-hydrogen) atoms. The zero-order valence-electron chi connectivity index (χ0n) is 11.2. The molecule has 0 aliphatic rings. The number of carbonyl (C=O) groups is 2. The third kappa shape index (κ3) is 6.89. The average molecular weight is 253 g/mol. The quantitative estimate of drug-likeness (QED) is 0.620. The molecule has 0 aromatic carbocycles. The standard InChI is InChI=1S/C14H23NO3/c1-5-7-11(8-6-2)13(18)15-14(3,4)10-9-12(16)17/h5-6,11H,1-2,7-10H2,3-4H3,(H,15,18)(H,16,17). The maximum absolute atomic E-state index is 12.0. The highest BCUT2D eigenvalue weighted by atomic mass is 16.4. The Labute approximate surface area is 109 Å². The highest BCUT2D eigenvalue weighted by Crippen LogP contribution is 2.16. The Morgan fingerprint density at radius 1 is 1.28 bits per heavy atom. The van der Waals surface area contributed by atoms with E-state index >= 15 is 0 Å². The highest BCUT2D eigenvalue weighted by Gasteiger charge is 2.25. The first kappa shape index (κ1) is 16.4. The van der Waals surface area contributed by atoms with Gasteiger partial charge >= 0.3 is 5.97 Å². The van der Waals surface area contributed by atoms with E-state index < -0.39 is 11.5 Å². The molecular formula is C14H23NO3. The maximum atomic E-state index is 12.0. The van der Waals surface area contributed by atoms with E-state index in [0.29, 0.717) is 19.3 Å². The smallest absolute Gasteiger partial charge is 0.303 e. The van der Waals surface area contributed by atoms with Crippen LogP contribution in [0.5, 0.6) is 0 Å². The molecular weight excluding hydrogens is 230 g/mol. The molecule has 0 rings (SSSR count). The molecule has 0 atom stereocenters. The summed E-state index contributed by atoms with van der Waals surface area (Å²) in [4.78, 5) is 22.6. The monoisotopic (exact) mass is 253 g/mol. The molecule has 0 unspecified atom stereocenters. The molecule has 0 aromatic rings. The van der Waals surface area contributed by atoms with E-state index in [9.17, 15) is 9.59 Å². The SMILES string of the molecule is C=CCC(CC=C)C(=O)NC(C)(C)CCC(=O)O. The van der Waals surface area contributed by atoms with Gasteiger partial charge in [0.25, 0.3) is 0 Å². The fourth-order valence-electron chi connectivity index (χ4n) is 1.63. The van der Waals surface area contributed by atoms with Crippen molar-refractivity contribution in [2.75, 3.05) is 0 Å². The van der Waals surface area contributed by atoms with Crippen LogP contribution < -0.4 is 5.32 Å². The van der Waals surface area contributed by atoms with Gasteiger partial charge in [-0.1, -0.05) is 12.2 Å². The number of aliphatic carboxylic acids is 1. The number of nitrogens with one attached hydrogen (secondary N) is 1. The van der Waals surface area contributed by atoms with Crippen molar-refractivity contribution in [3.63, 3.8) is 0 Å². The second-order valence-corrected chi connectivity index (χ2v) is 5.01. The van der Waals surface area contributed by atoms with Crippen LogP contribution in [0.15, 0.2) is 25.3 Å². The number of amides is 1. The van der Waals surface area contributed by atoms with E-state index in [1.54, 1.807) is 12.2 Å². The molecule has 2 N–H and O–H groups in total. The van der Waals surface area contributed by atoms with E-state index in [2.05, 4.69) is 18.5 Å². The first-order valence-corrected chi connectivity index (χ1v) is 6.08. The van der Waals surface area contributed by atoms with Gasteiger partial charge in [-0.15, -0.1) is 13.2 Å². The van der Waals surface area contributed by atoms with E-state index in [1.165, 1.54) is 0 Å². The fraction of sp³-hybridized carbons (Fsp3) is 0.571. The van der Waals surface area contributed by atoms with Crippen molar-refractivity contribution in [2.24, 2.45) is 5.92 Å². The molecule has 0 bridgehead atoms. The van der Waals surface area contributed by atoms with Crippen LogP contribution in [-0.2, 0) is 9.59 Å². The van der Waals surface area contributed by atoms with Crippen LogP contribution in [0.1, 0.15) is 39.5 Å². The lowest BCUT2D eigenvalue weighted by Gasteiger charge is -2.28. The normalized spacial score (nSPS) is 11.1. The van der Waals surface area contributed by atoms with Crippen molar-refractivity contribution >= 4 is 11.9 Å². The predicted molar refractivity (Wildman–Crippen MR) is 72.2 cm³/mol. The number of carboxylic acids is 1. The van der Waals surface area contributed by atoms with Crippen LogP contribution in [0.25, 0.3) is 0 Å². The van der Waals surface area contributed by atoms with Gasteiger partial charge in [-0.05, 0) is 33.1 Å². The minimum absolute atomic E-state index is 0.0425. The van der Waals surface area contributed by atoms with E-state index in [1.807, 2.05) is 13.8 Å². The lowest BCUT2D eigenvalue weighted by Crippen LogP contribution is -2.46. The van der Waals surface area contributed by atoms with Gasteiger partial charge in [0.15, 0.2) is 0 Å². The summed E-state index contributed by atoms with van der Waals surface area (Å²) in [6, 6.07) is 0. The second-order valence-electron chi connectivity index (χ2n) is 5.01. The minimum Gasteiger partial charge on any atom is -0.481 e. The van der Waals surface area contributed by atoms with Crippen molar-refractivity contribution in [1.29, 1.82) is 0 Å². The number of carboxylic acid groups (broad SMARTS) is 1. The van der Waals surface area contributed by atoms with Gasteiger partial charge in [-0.3, -0.25) is 9.59 Å². The molecule has 0 aromatic heterocycles. The molecule has 4 heteroatoms. The number of hydrogen-bond donors (Lipinski definition) is 2. The van der Waals surface area contributed by atoms with Gasteiger partial charge < -0.3 is 10.4 Å². The van der Waals surface area contributed by atoms with Gasteiger partial charge in [0, 0.05) is 17.9 Å². The molecule has 0 fully saturated rings. The van der Waals surface area contributed by atoms with Crippen molar-refractivity contribution in [1.82, 2.24) is 5.32 Å². The molecule has 4 nitrogen and oxygen atoms in total. The summed E-state index contributed by atoms with van der Waals surface area (Å²) in [5, 5.41) is 11.5. The largest absolute Gasteiger partial charge is 0.481 e. The summed E-state index contributed by atoms with van der Waals surface area (Å²) in [7, 11) is 0. The van der Waals surface area contributed by atoms with Crippen molar-refractivity contribution in [3.05, 3.63) is 25.3 Å². The molecule has 0 aliphatic heterocycles. The molecule has 102 valence electrons. The Hall–Kier alpha value is -1.58. The Bertz CT molecular complexity index is 311. The summed E-state index contributed by atoms with van der Waals surface area (Å²) in [5.74, 6) is -1.11. The lowest BCUT2D eigenvalue weighted by molar-refractivity contribution is -0.138. The van der Waals surface area contributed by atoms with Crippen LogP contribution in [0.4, 0.5) is 0 Å². The lowest BCUT2D eigenvalue weighted by atomic mass is 9.94. The molecule has 0 saturated heterocycles. The molecule has 1 amide bonds.